The van der Waals surface area contributed by atoms with Crippen molar-refractivity contribution < 1.29 is 9.32 Å². The van der Waals surface area contributed by atoms with Crippen molar-refractivity contribution in [1.29, 1.82) is 0 Å². The minimum Gasteiger partial charge on any atom is -0.359 e. The molecule has 1 amide bonds. The van der Waals surface area contributed by atoms with Crippen LogP contribution in [0.5, 0.6) is 0 Å². The molecule has 1 unspecified atom stereocenters. The number of hydrogen-bond acceptors (Lipinski definition) is 4. The second-order valence-electron chi connectivity index (χ2n) is 4.36. The highest BCUT2D eigenvalue weighted by atomic mass is 32.1. The lowest BCUT2D eigenvalue weighted by Gasteiger charge is -2.10. The first-order valence-electron chi connectivity index (χ1n) is 6.07. The van der Waals surface area contributed by atoms with Crippen LogP contribution in [0.3, 0.4) is 0 Å². The topological polar surface area (TPSA) is 55.1 Å². The fourth-order valence-electron chi connectivity index (χ4n) is 1.72. The molecule has 0 saturated carbocycles. The van der Waals surface area contributed by atoms with Crippen LogP contribution in [0.25, 0.3) is 0 Å². The third kappa shape index (κ3) is 4.13. The summed E-state index contributed by atoms with van der Waals surface area (Å²) >= 11 is 4.33. The maximum absolute atomic E-state index is 11.9. The first-order valence-corrected chi connectivity index (χ1v) is 6.58. The van der Waals surface area contributed by atoms with Crippen LogP contribution in [0, 0.1) is 6.92 Å². The summed E-state index contributed by atoms with van der Waals surface area (Å²) in [4.78, 5) is 11.9. The Labute approximate surface area is 117 Å². The van der Waals surface area contributed by atoms with Gasteiger partial charge >= 0.3 is 0 Å². The van der Waals surface area contributed by atoms with Gasteiger partial charge in [0.05, 0.1) is 17.5 Å². The zero-order valence-corrected chi connectivity index (χ0v) is 11.6. The molecule has 5 heteroatoms. The van der Waals surface area contributed by atoms with Crippen molar-refractivity contribution in [3.05, 3.63) is 53.4 Å². The first kappa shape index (κ1) is 13.7. The minimum absolute atomic E-state index is 0.110. The molecule has 0 fully saturated rings. The number of nitrogens with zero attached hydrogens (tertiary/aromatic N) is 1. The van der Waals surface area contributed by atoms with Crippen molar-refractivity contribution in [2.75, 3.05) is 0 Å². The lowest BCUT2D eigenvalue weighted by Crippen LogP contribution is -2.32. The highest BCUT2D eigenvalue weighted by Crippen LogP contribution is 2.08. The molecule has 2 rings (SSSR count). The number of rotatable bonds is 5. The minimum atomic E-state index is -0.369. The van der Waals surface area contributed by atoms with Gasteiger partial charge in [-0.3, -0.25) is 4.79 Å². The Morgan fingerprint density at radius 1 is 1.42 bits per heavy atom. The number of nitrogens with one attached hydrogen (secondary N) is 1. The number of hydrogen-bond donors (Lipinski definition) is 2. The highest BCUT2D eigenvalue weighted by molar-refractivity contribution is 7.81. The average molecular weight is 276 g/mol. The van der Waals surface area contributed by atoms with E-state index in [-0.39, 0.29) is 11.2 Å². The van der Waals surface area contributed by atoms with Crippen molar-refractivity contribution in [2.45, 2.75) is 25.1 Å². The van der Waals surface area contributed by atoms with Gasteiger partial charge in [-0.15, -0.1) is 0 Å². The molecule has 4 nitrogen and oxygen atoms in total. The Hall–Kier alpha value is -1.75. The van der Waals surface area contributed by atoms with Gasteiger partial charge in [0, 0.05) is 6.07 Å². The number of amides is 1. The molecule has 0 aliphatic rings. The van der Waals surface area contributed by atoms with Crippen LogP contribution in [0.4, 0.5) is 0 Å². The number of carbonyl (C=O) groups is 1. The summed E-state index contributed by atoms with van der Waals surface area (Å²) in [5.41, 5.74) is 1.89. The maximum atomic E-state index is 11.9. The zero-order chi connectivity index (χ0) is 13.7. The van der Waals surface area contributed by atoms with E-state index in [0.29, 0.717) is 18.7 Å². The predicted octanol–water partition coefficient (Wildman–Crippen LogP) is 2.14. The van der Waals surface area contributed by atoms with Gasteiger partial charge in [0.1, 0.15) is 0 Å². The summed E-state index contributed by atoms with van der Waals surface area (Å²) in [6.07, 6.45) is 0.602. The summed E-state index contributed by atoms with van der Waals surface area (Å²) in [6.45, 7) is 2.18. The van der Waals surface area contributed by atoms with Crippen LogP contribution < -0.4 is 5.32 Å². The summed E-state index contributed by atoms with van der Waals surface area (Å²) in [5, 5.41) is 6.18. The molecule has 0 spiro atoms. The van der Waals surface area contributed by atoms with E-state index in [2.05, 4.69) is 23.1 Å². The number of aromatic nitrogens is 1. The molecule has 1 heterocycles. The molecule has 1 aromatic heterocycles. The van der Waals surface area contributed by atoms with Gasteiger partial charge in [0.25, 0.3) is 0 Å². The predicted molar refractivity (Wildman–Crippen MR) is 76.0 cm³/mol. The van der Waals surface area contributed by atoms with Crippen molar-refractivity contribution >= 4 is 18.5 Å². The number of carbonyl (C=O) groups excluding carboxylic acids is 1. The van der Waals surface area contributed by atoms with E-state index < -0.39 is 0 Å². The molecule has 1 N–H and O–H groups in total. The van der Waals surface area contributed by atoms with Crippen LogP contribution >= 0.6 is 12.6 Å². The third-order valence-electron chi connectivity index (χ3n) is 2.69. The van der Waals surface area contributed by atoms with Crippen molar-refractivity contribution in [2.24, 2.45) is 0 Å². The maximum Gasteiger partial charge on any atom is 0.233 e. The number of thiol groups is 1. The van der Waals surface area contributed by atoms with Gasteiger partial charge in [-0.1, -0.05) is 35.5 Å². The largest absolute Gasteiger partial charge is 0.359 e. The van der Waals surface area contributed by atoms with Gasteiger partial charge in [-0.2, -0.15) is 12.6 Å². The van der Waals surface area contributed by atoms with E-state index in [9.17, 15) is 4.79 Å². The molecule has 0 aliphatic carbocycles. The molecule has 100 valence electrons. The molecule has 19 heavy (non-hydrogen) atoms. The van der Waals surface area contributed by atoms with Gasteiger partial charge in [-0.25, -0.2) is 0 Å². The second kappa shape index (κ2) is 6.43. The Morgan fingerprint density at radius 3 is 2.79 bits per heavy atom. The van der Waals surface area contributed by atoms with Crippen LogP contribution in [0.2, 0.25) is 0 Å². The Bertz CT molecular complexity index is 539. The van der Waals surface area contributed by atoms with E-state index in [4.69, 9.17) is 4.52 Å². The first-order chi connectivity index (χ1) is 9.15. The molecule has 0 saturated heterocycles. The monoisotopic (exact) mass is 276 g/mol. The SMILES string of the molecule is Cc1cc(CNC(=O)C(S)Cc2ccccc2)on1. The van der Waals surface area contributed by atoms with Gasteiger partial charge in [0.15, 0.2) is 5.76 Å². The van der Waals surface area contributed by atoms with Gasteiger partial charge in [0.2, 0.25) is 5.91 Å². The molecule has 1 atom stereocenters. The van der Waals surface area contributed by atoms with E-state index >= 15 is 0 Å². The van der Waals surface area contributed by atoms with E-state index in [1.54, 1.807) is 6.07 Å². The van der Waals surface area contributed by atoms with Gasteiger partial charge < -0.3 is 9.84 Å². The second-order valence-corrected chi connectivity index (χ2v) is 4.98. The summed E-state index contributed by atoms with van der Waals surface area (Å²) < 4.78 is 5.02. The molecular formula is C14H16N2O2S. The smallest absolute Gasteiger partial charge is 0.233 e. The molecule has 0 aliphatic heterocycles. The normalized spacial score (nSPS) is 12.1. The summed E-state index contributed by atoms with van der Waals surface area (Å²) in [5.74, 6) is 0.535. The van der Waals surface area contributed by atoms with Crippen LogP contribution in [0.15, 0.2) is 40.9 Å². The van der Waals surface area contributed by atoms with E-state index in [1.807, 2.05) is 37.3 Å². The third-order valence-corrected chi connectivity index (χ3v) is 3.11. The molecular weight excluding hydrogens is 260 g/mol. The number of benzene rings is 1. The molecule has 0 radical (unpaired) electrons. The van der Waals surface area contributed by atoms with Crippen LogP contribution in [-0.4, -0.2) is 16.3 Å². The zero-order valence-electron chi connectivity index (χ0n) is 10.7. The fourth-order valence-corrected chi connectivity index (χ4v) is 2.02. The molecule has 0 bridgehead atoms. The van der Waals surface area contributed by atoms with Crippen LogP contribution in [-0.2, 0) is 17.8 Å². The molecule has 1 aromatic carbocycles. The standard InChI is InChI=1S/C14H16N2O2S/c1-10-7-12(18-16-10)9-15-14(17)13(19)8-11-5-3-2-4-6-11/h2-7,13,19H,8-9H2,1H3,(H,15,17). The van der Waals surface area contributed by atoms with Gasteiger partial charge in [-0.05, 0) is 18.9 Å². The number of aryl methyl sites for hydroxylation is 1. The highest BCUT2D eigenvalue weighted by Gasteiger charge is 2.14. The lowest BCUT2D eigenvalue weighted by molar-refractivity contribution is -0.120. The lowest BCUT2D eigenvalue weighted by atomic mass is 10.1. The van der Waals surface area contributed by atoms with E-state index in [1.165, 1.54) is 0 Å². The van der Waals surface area contributed by atoms with Crippen molar-refractivity contribution in [3.63, 3.8) is 0 Å². The van der Waals surface area contributed by atoms with Crippen molar-refractivity contribution in [1.82, 2.24) is 10.5 Å². The summed E-state index contributed by atoms with van der Waals surface area (Å²) in [6, 6.07) is 11.6. The summed E-state index contributed by atoms with van der Waals surface area (Å²) in [7, 11) is 0. The Kier molecular flexibility index (Phi) is 4.63. The van der Waals surface area contributed by atoms with Crippen molar-refractivity contribution in [3.8, 4) is 0 Å². The average Bonchev–Trinajstić information content (AvgIpc) is 2.83. The molecule has 2 aromatic rings. The quantitative estimate of drug-likeness (QED) is 0.823. The fraction of sp³-hybridized carbons (Fsp3) is 0.286. The Balaban J connectivity index is 1.82. The Morgan fingerprint density at radius 2 is 2.16 bits per heavy atom. The van der Waals surface area contributed by atoms with E-state index in [0.717, 1.165) is 11.3 Å². The van der Waals surface area contributed by atoms with Crippen LogP contribution in [0.1, 0.15) is 17.0 Å².